The van der Waals surface area contributed by atoms with Gasteiger partial charge in [0, 0.05) is 0 Å². The molecule has 0 bridgehead atoms. The van der Waals surface area contributed by atoms with Crippen molar-refractivity contribution < 1.29 is 0 Å². The molecule has 0 aromatic heterocycles. The van der Waals surface area contributed by atoms with E-state index in [2.05, 4.69) is 42.5 Å². The van der Waals surface area contributed by atoms with Crippen molar-refractivity contribution in [2.24, 2.45) is 0 Å². The summed E-state index contributed by atoms with van der Waals surface area (Å²) in [5, 5.41) is 0. The van der Waals surface area contributed by atoms with Gasteiger partial charge >= 0.3 is 0 Å². The minimum absolute atomic E-state index is 0.492. The predicted molar refractivity (Wildman–Crippen MR) is 51.3 cm³/mol. The van der Waals surface area contributed by atoms with E-state index in [-0.39, 0.29) is 0 Å². The lowest BCUT2D eigenvalue weighted by molar-refractivity contribution is 1.77. The summed E-state index contributed by atoms with van der Waals surface area (Å²) in [6.45, 7) is 0. The molecule has 0 aliphatic carbocycles. The van der Waals surface area contributed by atoms with E-state index >= 15 is 0 Å². The molecule has 2 atom stereocenters. The summed E-state index contributed by atoms with van der Waals surface area (Å²) in [5.41, 5.74) is 1.34. The molecule has 1 rings (SSSR count). The van der Waals surface area contributed by atoms with E-state index in [0.29, 0.717) is 6.15 Å². The summed E-state index contributed by atoms with van der Waals surface area (Å²) < 4.78 is 0. The SMILES string of the molecule is PB(P)c1ccccc1. The topological polar surface area (TPSA) is 0 Å². The fourth-order valence-electron chi connectivity index (χ4n) is 0.675. The zero-order valence-electron chi connectivity index (χ0n) is 5.12. The van der Waals surface area contributed by atoms with Crippen molar-refractivity contribution in [2.75, 3.05) is 0 Å². The molecule has 0 aliphatic rings. The minimum atomic E-state index is 0.492. The molecule has 0 aliphatic heterocycles. The van der Waals surface area contributed by atoms with E-state index < -0.39 is 0 Å². The van der Waals surface area contributed by atoms with Gasteiger partial charge in [-0.2, -0.15) is 18.2 Å². The molecule has 0 amide bonds. The van der Waals surface area contributed by atoms with Crippen molar-refractivity contribution >= 4 is 29.9 Å². The fraction of sp³-hybridized carbons (Fsp3) is 0. The van der Waals surface area contributed by atoms with Crippen LogP contribution in [0.3, 0.4) is 0 Å². The first kappa shape index (κ1) is 7.25. The normalized spacial score (nSPS) is 9.11. The molecular formula is C6H9BP2. The van der Waals surface area contributed by atoms with Crippen LogP contribution in [0.5, 0.6) is 0 Å². The largest absolute Gasteiger partial charge is 0.220 e. The van der Waals surface area contributed by atoms with Gasteiger partial charge in [-0.1, -0.05) is 35.8 Å². The fourth-order valence-corrected chi connectivity index (χ4v) is 1.12. The van der Waals surface area contributed by atoms with Gasteiger partial charge in [0.05, 0.1) is 0 Å². The Labute approximate surface area is 60.8 Å². The van der Waals surface area contributed by atoms with Crippen LogP contribution in [0.1, 0.15) is 0 Å². The molecule has 1 aromatic carbocycles. The highest BCUT2D eigenvalue weighted by Gasteiger charge is 1.99. The van der Waals surface area contributed by atoms with Crippen LogP contribution >= 0.6 is 18.2 Å². The van der Waals surface area contributed by atoms with Crippen LogP contribution in [-0.2, 0) is 0 Å². The Bertz CT molecular complexity index is 174. The Kier molecular flexibility index (Phi) is 2.70. The monoisotopic (exact) mass is 154 g/mol. The Balaban J connectivity index is 2.85. The summed E-state index contributed by atoms with van der Waals surface area (Å²) in [5.74, 6) is 0. The molecule has 0 spiro atoms. The highest BCUT2D eigenvalue weighted by Crippen LogP contribution is 2.02. The molecule has 0 N–H and O–H groups in total. The van der Waals surface area contributed by atoms with Gasteiger partial charge in [0.2, 0.25) is 6.15 Å². The Morgan fingerprint density at radius 1 is 1.00 bits per heavy atom. The van der Waals surface area contributed by atoms with Crippen molar-refractivity contribution in [3.05, 3.63) is 30.3 Å². The first-order valence-corrected chi connectivity index (χ1v) is 4.20. The number of rotatable bonds is 1. The highest BCUT2D eigenvalue weighted by molar-refractivity contribution is 7.96. The first-order valence-electron chi connectivity index (χ1n) is 2.87. The van der Waals surface area contributed by atoms with Crippen LogP contribution < -0.4 is 5.46 Å². The van der Waals surface area contributed by atoms with Gasteiger partial charge in [0.15, 0.2) is 0 Å². The van der Waals surface area contributed by atoms with Crippen molar-refractivity contribution in [3.63, 3.8) is 0 Å². The molecular weight excluding hydrogens is 145 g/mol. The zero-order valence-corrected chi connectivity index (χ0v) is 7.43. The number of hydrogen-bond acceptors (Lipinski definition) is 0. The third-order valence-electron chi connectivity index (χ3n) is 1.18. The molecule has 1 aromatic rings. The van der Waals surface area contributed by atoms with Crippen LogP contribution in [0.4, 0.5) is 0 Å². The quantitative estimate of drug-likeness (QED) is 0.420. The maximum Gasteiger partial charge on any atom is 0.220 e. The Hall–Kier alpha value is 0.145. The molecule has 9 heavy (non-hydrogen) atoms. The minimum Gasteiger partial charge on any atom is -0.161 e. The molecule has 3 heteroatoms. The highest BCUT2D eigenvalue weighted by atomic mass is 31.1. The van der Waals surface area contributed by atoms with Crippen LogP contribution in [0.2, 0.25) is 0 Å². The van der Waals surface area contributed by atoms with E-state index in [9.17, 15) is 0 Å². The molecule has 0 heterocycles. The smallest absolute Gasteiger partial charge is 0.161 e. The van der Waals surface area contributed by atoms with Gasteiger partial charge in [-0.3, -0.25) is 0 Å². The van der Waals surface area contributed by atoms with Crippen molar-refractivity contribution in [2.45, 2.75) is 0 Å². The summed E-state index contributed by atoms with van der Waals surface area (Å²) in [4.78, 5) is 0. The third-order valence-corrected chi connectivity index (χ3v) is 1.95. The van der Waals surface area contributed by atoms with Gasteiger partial charge in [-0.15, -0.1) is 0 Å². The van der Waals surface area contributed by atoms with Gasteiger partial charge in [0.1, 0.15) is 0 Å². The van der Waals surface area contributed by atoms with E-state index in [1.807, 2.05) is 6.07 Å². The molecule has 46 valence electrons. The second-order valence-electron chi connectivity index (χ2n) is 1.94. The van der Waals surface area contributed by atoms with Gasteiger partial charge in [0.25, 0.3) is 0 Å². The summed E-state index contributed by atoms with van der Waals surface area (Å²) >= 11 is 0. The van der Waals surface area contributed by atoms with Crippen LogP contribution in [-0.4, -0.2) is 6.15 Å². The van der Waals surface area contributed by atoms with E-state index in [0.717, 1.165) is 0 Å². The lowest BCUT2D eigenvalue weighted by atomic mass is 9.93. The average molecular weight is 154 g/mol. The second-order valence-corrected chi connectivity index (χ2v) is 4.14. The third kappa shape index (κ3) is 2.09. The molecule has 2 unspecified atom stereocenters. The van der Waals surface area contributed by atoms with Crippen LogP contribution in [0.25, 0.3) is 0 Å². The van der Waals surface area contributed by atoms with E-state index in [1.165, 1.54) is 5.46 Å². The number of benzene rings is 1. The zero-order chi connectivity index (χ0) is 6.69. The lowest BCUT2D eigenvalue weighted by Gasteiger charge is -1.97. The standard InChI is InChI=1S/C6H9BP2/c8-7(9)6-4-2-1-3-5-6/h1-5H,8-9H2. The lowest BCUT2D eigenvalue weighted by Crippen LogP contribution is -2.15. The average Bonchev–Trinajstić information content (AvgIpc) is 1.90. The van der Waals surface area contributed by atoms with E-state index in [1.54, 1.807) is 0 Å². The van der Waals surface area contributed by atoms with Crippen molar-refractivity contribution in [1.29, 1.82) is 0 Å². The van der Waals surface area contributed by atoms with Gasteiger partial charge in [-0.25, -0.2) is 0 Å². The van der Waals surface area contributed by atoms with Gasteiger partial charge < -0.3 is 0 Å². The van der Waals surface area contributed by atoms with Crippen molar-refractivity contribution in [3.8, 4) is 0 Å². The Morgan fingerprint density at radius 2 is 1.56 bits per heavy atom. The summed E-state index contributed by atoms with van der Waals surface area (Å²) in [7, 11) is 5.47. The summed E-state index contributed by atoms with van der Waals surface area (Å²) in [6.07, 6.45) is 0.492. The molecule has 0 saturated carbocycles. The second kappa shape index (κ2) is 3.35. The first-order chi connectivity index (χ1) is 4.30. The molecule has 0 nitrogen and oxygen atoms in total. The maximum atomic E-state index is 2.73. The molecule has 0 radical (unpaired) electrons. The summed E-state index contributed by atoms with van der Waals surface area (Å²) in [6, 6.07) is 10.4. The predicted octanol–water partition coefficient (Wildman–Crippen LogP) is 1.13. The van der Waals surface area contributed by atoms with Gasteiger partial charge in [-0.05, 0) is 0 Å². The van der Waals surface area contributed by atoms with E-state index in [4.69, 9.17) is 0 Å². The van der Waals surface area contributed by atoms with Crippen molar-refractivity contribution in [1.82, 2.24) is 0 Å². The van der Waals surface area contributed by atoms with Crippen LogP contribution in [0, 0.1) is 0 Å². The number of hydrogen-bond donors (Lipinski definition) is 0. The van der Waals surface area contributed by atoms with Crippen LogP contribution in [0.15, 0.2) is 30.3 Å². The molecule has 0 saturated heterocycles. The Morgan fingerprint density at radius 3 is 1.89 bits per heavy atom. The molecule has 0 fully saturated rings. The maximum absolute atomic E-state index is 2.73.